The van der Waals surface area contributed by atoms with Gasteiger partial charge in [-0.2, -0.15) is 0 Å². The minimum Gasteiger partial charge on any atom is -0.258 e. The number of hydrogen-bond donors (Lipinski definition) is 0. The van der Waals surface area contributed by atoms with E-state index in [1.165, 1.54) is 12.1 Å². The highest BCUT2D eigenvalue weighted by atomic mass is 16.6. The van der Waals surface area contributed by atoms with Gasteiger partial charge in [-0.25, -0.2) is 0 Å². The van der Waals surface area contributed by atoms with E-state index in [2.05, 4.69) is 5.92 Å². The van der Waals surface area contributed by atoms with Crippen molar-refractivity contribution in [2.24, 2.45) is 0 Å². The van der Waals surface area contributed by atoms with Gasteiger partial charge in [-0.3, -0.25) is 10.1 Å². The molecule has 0 heterocycles. The van der Waals surface area contributed by atoms with Crippen LogP contribution in [0.15, 0.2) is 36.4 Å². The summed E-state index contributed by atoms with van der Waals surface area (Å²) in [5.74, 6) is 2.51. The highest BCUT2D eigenvalue weighted by molar-refractivity contribution is 5.89. The maximum Gasteiger partial charge on any atom is 0.270 e. The molecule has 0 radical (unpaired) electrons. The summed E-state index contributed by atoms with van der Waals surface area (Å²) in [6, 6.07) is 10.2. The van der Waals surface area contributed by atoms with Crippen LogP contribution in [0.4, 0.5) is 5.69 Å². The third kappa shape index (κ3) is 1.53. The molecule has 3 heteroatoms. The molecule has 15 heavy (non-hydrogen) atoms. The van der Waals surface area contributed by atoms with E-state index in [0.717, 1.165) is 10.8 Å². The molecule has 0 bridgehead atoms. The first kappa shape index (κ1) is 9.22. The molecule has 2 aromatic carbocycles. The van der Waals surface area contributed by atoms with Gasteiger partial charge in [0.2, 0.25) is 0 Å². The third-order valence-corrected chi connectivity index (χ3v) is 2.23. The summed E-state index contributed by atoms with van der Waals surface area (Å²) in [7, 11) is 0. The van der Waals surface area contributed by atoms with Crippen LogP contribution in [-0.2, 0) is 0 Å². The molecule has 2 aromatic rings. The lowest BCUT2D eigenvalue weighted by atomic mass is 10.0. The summed E-state index contributed by atoms with van der Waals surface area (Å²) in [5, 5.41) is 12.3. The average Bonchev–Trinajstić information content (AvgIpc) is 2.27. The van der Waals surface area contributed by atoms with Crippen LogP contribution in [0.3, 0.4) is 0 Å². The lowest BCUT2D eigenvalue weighted by Gasteiger charge is -2.00. The lowest BCUT2D eigenvalue weighted by molar-refractivity contribution is -0.384. The van der Waals surface area contributed by atoms with Gasteiger partial charge in [-0.15, -0.1) is 6.42 Å². The Kier molecular flexibility index (Phi) is 2.11. The number of hydrogen-bond acceptors (Lipinski definition) is 2. The first-order chi connectivity index (χ1) is 7.22. The number of nitro groups is 1. The number of rotatable bonds is 1. The Hall–Kier alpha value is -2.34. The lowest BCUT2D eigenvalue weighted by Crippen LogP contribution is -1.88. The summed E-state index contributed by atoms with van der Waals surface area (Å²) < 4.78 is 0. The summed E-state index contributed by atoms with van der Waals surface area (Å²) in [5.41, 5.74) is 0.737. The molecule has 0 atom stereocenters. The second-order valence-electron chi connectivity index (χ2n) is 3.11. The molecule has 0 fully saturated rings. The molecule has 0 unspecified atom stereocenters. The molecule has 2 rings (SSSR count). The number of nitro benzene ring substituents is 1. The van der Waals surface area contributed by atoms with E-state index >= 15 is 0 Å². The quantitative estimate of drug-likeness (QED) is 0.400. The van der Waals surface area contributed by atoms with Crippen LogP contribution in [0.25, 0.3) is 10.8 Å². The molecule has 0 aliphatic carbocycles. The summed E-state index contributed by atoms with van der Waals surface area (Å²) in [4.78, 5) is 10.2. The van der Waals surface area contributed by atoms with Gasteiger partial charge in [0, 0.05) is 23.1 Å². The van der Waals surface area contributed by atoms with Crippen molar-refractivity contribution >= 4 is 16.5 Å². The predicted octanol–water partition coefficient (Wildman–Crippen LogP) is 2.73. The number of non-ortho nitro benzene ring substituents is 1. The normalized spacial score (nSPS) is 9.80. The van der Waals surface area contributed by atoms with Crippen molar-refractivity contribution in [3.8, 4) is 12.3 Å². The third-order valence-electron chi connectivity index (χ3n) is 2.23. The molecular weight excluding hydrogens is 190 g/mol. The van der Waals surface area contributed by atoms with Crippen LogP contribution >= 0.6 is 0 Å². The molecule has 0 aromatic heterocycles. The highest BCUT2D eigenvalue weighted by Crippen LogP contribution is 2.23. The minimum atomic E-state index is -0.424. The minimum absolute atomic E-state index is 0.0604. The van der Waals surface area contributed by atoms with Gasteiger partial charge in [0.05, 0.1) is 4.92 Å². The fraction of sp³-hybridized carbons (Fsp3) is 0. The van der Waals surface area contributed by atoms with E-state index < -0.39 is 4.92 Å². The van der Waals surface area contributed by atoms with Gasteiger partial charge in [0.1, 0.15) is 0 Å². The smallest absolute Gasteiger partial charge is 0.258 e. The number of benzene rings is 2. The zero-order valence-corrected chi connectivity index (χ0v) is 7.81. The Balaban J connectivity index is 2.80. The van der Waals surface area contributed by atoms with Crippen molar-refractivity contribution in [1.29, 1.82) is 0 Å². The molecule has 0 saturated heterocycles. The summed E-state index contributed by atoms with van der Waals surface area (Å²) in [6.07, 6.45) is 5.32. The van der Waals surface area contributed by atoms with E-state index in [1.54, 1.807) is 12.1 Å². The van der Waals surface area contributed by atoms with Crippen molar-refractivity contribution in [2.45, 2.75) is 0 Å². The van der Waals surface area contributed by atoms with Crippen molar-refractivity contribution in [2.75, 3.05) is 0 Å². The molecule has 0 N–H and O–H groups in total. The molecule has 0 saturated carbocycles. The number of fused-ring (bicyclic) bond motifs is 1. The second kappa shape index (κ2) is 3.43. The highest BCUT2D eigenvalue weighted by Gasteiger charge is 2.07. The Morgan fingerprint density at radius 3 is 2.73 bits per heavy atom. The molecular formula is C12H7NO2. The zero-order valence-electron chi connectivity index (χ0n) is 7.81. The van der Waals surface area contributed by atoms with Crippen LogP contribution in [0, 0.1) is 22.5 Å². The van der Waals surface area contributed by atoms with Crippen LogP contribution in [0.2, 0.25) is 0 Å². The Labute approximate surface area is 86.5 Å². The van der Waals surface area contributed by atoms with Crippen molar-refractivity contribution in [3.05, 3.63) is 52.1 Å². The Bertz CT molecular complexity index is 582. The van der Waals surface area contributed by atoms with Crippen molar-refractivity contribution in [3.63, 3.8) is 0 Å². The largest absolute Gasteiger partial charge is 0.270 e. The summed E-state index contributed by atoms with van der Waals surface area (Å²) >= 11 is 0. The maximum absolute atomic E-state index is 10.6. The van der Waals surface area contributed by atoms with E-state index in [-0.39, 0.29) is 5.69 Å². The number of terminal acetylenes is 1. The average molecular weight is 197 g/mol. The standard InChI is InChI=1S/C12H7NO2/c1-2-9-4-3-5-10-6-7-11(13(14)15)8-12(9)10/h1,3-8H. The van der Waals surface area contributed by atoms with Crippen molar-refractivity contribution in [1.82, 2.24) is 0 Å². The topological polar surface area (TPSA) is 43.1 Å². The zero-order chi connectivity index (χ0) is 10.8. The maximum atomic E-state index is 10.6. The van der Waals surface area contributed by atoms with E-state index in [0.29, 0.717) is 5.56 Å². The fourth-order valence-corrected chi connectivity index (χ4v) is 1.50. The Morgan fingerprint density at radius 1 is 1.27 bits per heavy atom. The van der Waals surface area contributed by atoms with Gasteiger partial charge >= 0.3 is 0 Å². The van der Waals surface area contributed by atoms with Gasteiger partial charge in [-0.05, 0) is 17.5 Å². The summed E-state index contributed by atoms with van der Waals surface area (Å²) in [6.45, 7) is 0. The van der Waals surface area contributed by atoms with Gasteiger partial charge < -0.3 is 0 Å². The number of nitrogens with zero attached hydrogens (tertiary/aromatic N) is 1. The monoisotopic (exact) mass is 197 g/mol. The SMILES string of the molecule is C#Cc1cccc2ccc([N+](=O)[O-])cc12. The second-order valence-corrected chi connectivity index (χ2v) is 3.11. The van der Waals surface area contributed by atoms with E-state index in [1.807, 2.05) is 12.1 Å². The van der Waals surface area contributed by atoms with E-state index in [9.17, 15) is 10.1 Å². The molecule has 0 amide bonds. The first-order valence-electron chi connectivity index (χ1n) is 4.36. The van der Waals surface area contributed by atoms with Crippen LogP contribution in [0.5, 0.6) is 0 Å². The molecule has 0 aliphatic heterocycles. The molecule has 0 aliphatic rings. The van der Waals surface area contributed by atoms with Gasteiger partial charge in [0.25, 0.3) is 5.69 Å². The van der Waals surface area contributed by atoms with Gasteiger partial charge in [-0.1, -0.05) is 18.1 Å². The fourth-order valence-electron chi connectivity index (χ4n) is 1.50. The van der Waals surface area contributed by atoms with Gasteiger partial charge in [0.15, 0.2) is 0 Å². The van der Waals surface area contributed by atoms with Crippen LogP contribution in [-0.4, -0.2) is 4.92 Å². The van der Waals surface area contributed by atoms with Crippen molar-refractivity contribution < 1.29 is 4.92 Å². The predicted molar refractivity (Wildman–Crippen MR) is 58.5 cm³/mol. The Morgan fingerprint density at radius 2 is 2.07 bits per heavy atom. The molecule has 72 valence electrons. The molecule has 0 spiro atoms. The van der Waals surface area contributed by atoms with Crippen LogP contribution < -0.4 is 0 Å². The first-order valence-corrected chi connectivity index (χ1v) is 4.36. The van der Waals surface area contributed by atoms with Crippen LogP contribution in [0.1, 0.15) is 5.56 Å². The van der Waals surface area contributed by atoms with E-state index in [4.69, 9.17) is 6.42 Å². The molecule has 3 nitrogen and oxygen atoms in total.